The van der Waals surface area contributed by atoms with Crippen molar-refractivity contribution in [3.63, 3.8) is 0 Å². The summed E-state index contributed by atoms with van der Waals surface area (Å²) in [6.07, 6.45) is 3.99. The molecule has 3 rings (SSSR count). The van der Waals surface area contributed by atoms with Crippen LogP contribution in [0.15, 0.2) is 24.3 Å². The number of hydrogen-bond acceptors (Lipinski definition) is 1. The zero-order valence-electron chi connectivity index (χ0n) is 10.3. The number of nitrogens with one attached hydrogen (secondary N) is 1. The van der Waals surface area contributed by atoms with E-state index in [1.165, 1.54) is 31.4 Å². The van der Waals surface area contributed by atoms with Gasteiger partial charge in [-0.1, -0.05) is 30.7 Å². The van der Waals surface area contributed by atoms with E-state index in [0.29, 0.717) is 0 Å². The van der Waals surface area contributed by atoms with Crippen LogP contribution in [0, 0.1) is 11.8 Å². The SMILES string of the molecule is CC1CC1CNC1CC(c2cccc(Cl)c2)C1. The molecule has 2 fully saturated rings. The molecule has 0 amide bonds. The number of benzene rings is 1. The van der Waals surface area contributed by atoms with Crippen molar-refractivity contribution in [2.24, 2.45) is 11.8 Å². The van der Waals surface area contributed by atoms with Crippen molar-refractivity contribution >= 4 is 11.6 Å². The lowest BCUT2D eigenvalue weighted by atomic mass is 9.76. The molecule has 0 aromatic heterocycles. The highest BCUT2D eigenvalue weighted by atomic mass is 35.5. The molecule has 2 unspecified atom stereocenters. The van der Waals surface area contributed by atoms with Crippen molar-refractivity contribution in [1.29, 1.82) is 0 Å². The quantitative estimate of drug-likeness (QED) is 0.855. The molecule has 1 aromatic carbocycles. The third-order valence-corrected chi connectivity index (χ3v) is 4.64. The highest BCUT2D eigenvalue weighted by Gasteiger charge is 2.35. The summed E-state index contributed by atoms with van der Waals surface area (Å²) < 4.78 is 0. The van der Waals surface area contributed by atoms with Gasteiger partial charge in [0.25, 0.3) is 0 Å². The maximum atomic E-state index is 6.02. The van der Waals surface area contributed by atoms with Gasteiger partial charge in [0.1, 0.15) is 0 Å². The minimum Gasteiger partial charge on any atom is -0.314 e. The van der Waals surface area contributed by atoms with Crippen molar-refractivity contribution in [2.45, 2.75) is 38.1 Å². The highest BCUT2D eigenvalue weighted by molar-refractivity contribution is 6.30. The Morgan fingerprint density at radius 1 is 1.29 bits per heavy atom. The lowest BCUT2D eigenvalue weighted by molar-refractivity contribution is 0.287. The minimum absolute atomic E-state index is 0.725. The standard InChI is InChI=1S/C15H20ClN/c1-10-5-13(10)9-17-15-7-12(8-15)11-3-2-4-14(16)6-11/h2-4,6,10,12-13,15,17H,5,7-9H2,1H3. The van der Waals surface area contributed by atoms with Crippen LogP contribution in [0.5, 0.6) is 0 Å². The molecule has 2 heteroatoms. The third kappa shape index (κ3) is 2.66. The van der Waals surface area contributed by atoms with E-state index in [2.05, 4.69) is 30.4 Å². The first-order valence-corrected chi connectivity index (χ1v) is 7.09. The summed E-state index contributed by atoms with van der Waals surface area (Å²) in [7, 11) is 0. The average Bonchev–Trinajstić information content (AvgIpc) is 2.92. The summed E-state index contributed by atoms with van der Waals surface area (Å²) in [6, 6.07) is 9.08. The Hall–Kier alpha value is -0.530. The molecule has 0 spiro atoms. The predicted molar refractivity (Wildman–Crippen MR) is 72.5 cm³/mol. The fraction of sp³-hybridized carbons (Fsp3) is 0.600. The largest absolute Gasteiger partial charge is 0.314 e. The van der Waals surface area contributed by atoms with Crippen LogP contribution < -0.4 is 5.32 Å². The molecule has 92 valence electrons. The molecule has 2 atom stereocenters. The highest BCUT2D eigenvalue weighted by Crippen LogP contribution is 2.40. The Balaban J connectivity index is 1.44. The fourth-order valence-corrected chi connectivity index (χ4v) is 3.02. The summed E-state index contributed by atoms with van der Waals surface area (Å²) in [4.78, 5) is 0. The predicted octanol–water partition coefficient (Wildman–Crippen LogP) is 3.83. The summed E-state index contributed by atoms with van der Waals surface area (Å²) in [5.74, 6) is 2.65. The van der Waals surface area contributed by atoms with Crippen LogP contribution in [0.3, 0.4) is 0 Å². The first-order valence-electron chi connectivity index (χ1n) is 6.71. The van der Waals surface area contributed by atoms with Gasteiger partial charge in [0, 0.05) is 11.1 Å². The molecule has 1 nitrogen and oxygen atoms in total. The van der Waals surface area contributed by atoms with Crippen molar-refractivity contribution in [2.75, 3.05) is 6.54 Å². The van der Waals surface area contributed by atoms with Crippen LogP contribution in [0.4, 0.5) is 0 Å². The normalized spacial score (nSPS) is 35.4. The molecule has 0 bridgehead atoms. The molecule has 0 radical (unpaired) electrons. The maximum Gasteiger partial charge on any atom is 0.0408 e. The van der Waals surface area contributed by atoms with Crippen LogP contribution in [0.1, 0.15) is 37.7 Å². The monoisotopic (exact) mass is 249 g/mol. The van der Waals surface area contributed by atoms with E-state index < -0.39 is 0 Å². The Morgan fingerprint density at radius 2 is 2.06 bits per heavy atom. The second-order valence-corrected chi connectivity index (χ2v) is 6.24. The topological polar surface area (TPSA) is 12.0 Å². The molecular formula is C15H20ClN. The third-order valence-electron chi connectivity index (χ3n) is 4.40. The van der Waals surface area contributed by atoms with Gasteiger partial charge in [0.15, 0.2) is 0 Å². The van der Waals surface area contributed by atoms with Gasteiger partial charge < -0.3 is 5.32 Å². The number of rotatable bonds is 4. The molecule has 1 aromatic rings. The van der Waals surface area contributed by atoms with Crippen LogP contribution >= 0.6 is 11.6 Å². The van der Waals surface area contributed by atoms with E-state index in [4.69, 9.17) is 11.6 Å². The molecule has 17 heavy (non-hydrogen) atoms. The maximum absolute atomic E-state index is 6.02. The molecule has 0 heterocycles. The van der Waals surface area contributed by atoms with Gasteiger partial charge in [-0.25, -0.2) is 0 Å². The van der Waals surface area contributed by atoms with Gasteiger partial charge in [-0.3, -0.25) is 0 Å². The van der Waals surface area contributed by atoms with Gasteiger partial charge in [-0.15, -0.1) is 0 Å². The second-order valence-electron chi connectivity index (χ2n) is 5.80. The van der Waals surface area contributed by atoms with Crippen molar-refractivity contribution < 1.29 is 0 Å². The molecule has 0 aliphatic heterocycles. The average molecular weight is 250 g/mol. The zero-order valence-corrected chi connectivity index (χ0v) is 11.1. The van der Waals surface area contributed by atoms with E-state index in [1.54, 1.807) is 0 Å². The van der Waals surface area contributed by atoms with E-state index >= 15 is 0 Å². The second kappa shape index (κ2) is 4.62. The molecule has 2 aliphatic carbocycles. The zero-order chi connectivity index (χ0) is 11.8. The van der Waals surface area contributed by atoms with E-state index in [9.17, 15) is 0 Å². The van der Waals surface area contributed by atoms with Crippen LogP contribution in [0.2, 0.25) is 5.02 Å². The van der Waals surface area contributed by atoms with Gasteiger partial charge in [0.05, 0.1) is 0 Å². The van der Waals surface area contributed by atoms with Gasteiger partial charge in [-0.05, 0) is 61.3 Å². The molecule has 0 saturated heterocycles. The summed E-state index contributed by atoms with van der Waals surface area (Å²) in [5, 5.41) is 4.56. The van der Waals surface area contributed by atoms with Crippen molar-refractivity contribution in [1.82, 2.24) is 5.32 Å². The van der Waals surface area contributed by atoms with E-state index in [-0.39, 0.29) is 0 Å². The number of hydrogen-bond donors (Lipinski definition) is 1. The molecule has 2 aliphatic rings. The Morgan fingerprint density at radius 3 is 2.71 bits per heavy atom. The first-order chi connectivity index (χ1) is 8.22. The fourth-order valence-electron chi connectivity index (χ4n) is 2.82. The molecule has 1 N–H and O–H groups in total. The lowest BCUT2D eigenvalue weighted by Gasteiger charge is -2.36. The first kappa shape index (κ1) is 11.6. The van der Waals surface area contributed by atoms with Crippen molar-refractivity contribution in [3.8, 4) is 0 Å². The van der Waals surface area contributed by atoms with Gasteiger partial charge >= 0.3 is 0 Å². The van der Waals surface area contributed by atoms with Crippen molar-refractivity contribution in [3.05, 3.63) is 34.9 Å². The molecule has 2 saturated carbocycles. The molecular weight excluding hydrogens is 230 g/mol. The van der Waals surface area contributed by atoms with Gasteiger partial charge in [0.2, 0.25) is 0 Å². The smallest absolute Gasteiger partial charge is 0.0408 e. The van der Waals surface area contributed by atoms with Crippen LogP contribution in [-0.4, -0.2) is 12.6 Å². The number of halogens is 1. The van der Waals surface area contributed by atoms with Crippen LogP contribution in [-0.2, 0) is 0 Å². The Kier molecular flexibility index (Phi) is 3.14. The lowest BCUT2D eigenvalue weighted by Crippen LogP contribution is -2.41. The Bertz CT molecular complexity index is 398. The van der Waals surface area contributed by atoms with Gasteiger partial charge in [-0.2, -0.15) is 0 Å². The van der Waals surface area contributed by atoms with Crippen LogP contribution in [0.25, 0.3) is 0 Å². The Labute approximate surface area is 109 Å². The summed E-state index contributed by atoms with van der Waals surface area (Å²) in [6.45, 7) is 3.58. The summed E-state index contributed by atoms with van der Waals surface area (Å²) in [5.41, 5.74) is 1.41. The van der Waals surface area contributed by atoms with E-state index in [1.807, 2.05) is 6.07 Å². The minimum atomic E-state index is 0.725. The summed E-state index contributed by atoms with van der Waals surface area (Å²) >= 11 is 6.02. The van der Waals surface area contributed by atoms with E-state index in [0.717, 1.165) is 28.8 Å².